The van der Waals surface area contributed by atoms with Crippen LogP contribution in [-0.4, -0.2) is 60.8 Å². The summed E-state index contributed by atoms with van der Waals surface area (Å²) in [5.74, 6) is 0.175. The number of ether oxygens (including phenoxy) is 5. The number of aromatic nitrogens is 2. The fourth-order valence-corrected chi connectivity index (χ4v) is 8.94. The summed E-state index contributed by atoms with van der Waals surface area (Å²) in [7, 11) is 1.37. The summed E-state index contributed by atoms with van der Waals surface area (Å²) >= 11 is 0. The zero-order valence-electron chi connectivity index (χ0n) is 33.8. The lowest BCUT2D eigenvalue weighted by Crippen LogP contribution is -2.35. The van der Waals surface area contributed by atoms with E-state index in [9.17, 15) is 4.79 Å². The van der Waals surface area contributed by atoms with Gasteiger partial charge in [-0.1, -0.05) is 121 Å². The molecule has 2 saturated heterocycles. The van der Waals surface area contributed by atoms with Gasteiger partial charge in [-0.2, -0.15) is 0 Å². The Morgan fingerprint density at radius 3 is 2.12 bits per heavy atom. The Kier molecular flexibility index (Phi) is 11.8. The van der Waals surface area contributed by atoms with Crippen molar-refractivity contribution in [3.8, 4) is 17.1 Å². The average Bonchev–Trinajstić information content (AvgIpc) is 3.91. The topological polar surface area (TPSA) is 93.1 Å². The molecule has 2 fully saturated rings. The van der Waals surface area contributed by atoms with Crippen molar-refractivity contribution in [2.24, 2.45) is 0 Å². The molecule has 1 aliphatic carbocycles. The molecule has 0 saturated carbocycles. The van der Waals surface area contributed by atoms with Crippen molar-refractivity contribution in [1.29, 1.82) is 0 Å². The molecule has 9 nitrogen and oxygen atoms in total. The maximum absolute atomic E-state index is 16.2. The van der Waals surface area contributed by atoms with Crippen LogP contribution in [-0.2, 0) is 24.5 Å². The fraction of sp³-hybridized carbons (Fsp3) is 0.320. The second-order valence-electron chi connectivity index (χ2n) is 15.8. The molecule has 9 rings (SSSR count). The van der Waals surface area contributed by atoms with Crippen LogP contribution in [0.15, 0.2) is 133 Å². The van der Waals surface area contributed by atoms with Gasteiger partial charge >= 0.3 is 6.09 Å². The van der Waals surface area contributed by atoms with E-state index in [2.05, 4.69) is 47.8 Å². The SMILES string of the molecule is COC(=O)NC1CC=C(c2ccc(-c3nc4cc(O[C@@H]5CO[C@H](COC(c6ccccc6)(c6ccccc6)c6ccccc6)C5)n(C5CCCCO5)c4cc3F)cc2)CC1. The zero-order valence-corrected chi connectivity index (χ0v) is 33.8. The van der Waals surface area contributed by atoms with Gasteiger partial charge < -0.3 is 29.0 Å². The first-order chi connectivity index (χ1) is 29.5. The van der Waals surface area contributed by atoms with Crippen molar-refractivity contribution in [1.82, 2.24) is 14.9 Å². The molecule has 4 atom stereocenters. The van der Waals surface area contributed by atoms with Crippen molar-refractivity contribution in [2.75, 3.05) is 26.9 Å². The number of nitrogens with zero attached hydrogens (tertiary/aromatic N) is 2. The average molecular weight is 808 g/mol. The Hall–Kier alpha value is -5.81. The number of amides is 1. The van der Waals surface area contributed by atoms with E-state index in [0.717, 1.165) is 60.8 Å². The van der Waals surface area contributed by atoms with Crippen LogP contribution in [0.5, 0.6) is 5.88 Å². The lowest BCUT2D eigenvalue weighted by molar-refractivity contribution is -0.0461. The van der Waals surface area contributed by atoms with Crippen LogP contribution >= 0.6 is 0 Å². The molecule has 0 bridgehead atoms. The van der Waals surface area contributed by atoms with E-state index in [4.69, 9.17) is 28.7 Å². The first kappa shape index (κ1) is 39.6. The number of allylic oxidation sites excluding steroid dienone is 1. The maximum atomic E-state index is 16.2. The number of pyridine rings is 1. The molecule has 2 unspecified atom stereocenters. The number of benzene rings is 4. The number of carbonyl (C=O) groups excluding carboxylic acids is 1. The third-order valence-corrected chi connectivity index (χ3v) is 12.0. The number of alkyl carbamates (subject to hydrolysis) is 1. The lowest BCUT2D eigenvalue weighted by atomic mass is 9.80. The summed E-state index contributed by atoms with van der Waals surface area (Å²) in [4.78, 5) is 16.5. The summed E-state index contributed by atoms with van der Waals surface area (Å²) < 4.78 is 49.4. The Morgan fingerprint density at radius 1 is 0.850 bits per heavy atom. The van der Waals surface area contributed by atoms with Crippen LogP contribution in [0.1, 0.15) is 73.4 Å². The van der Waals surface area contributed by atoms with Gasteiger partial charge in [0, 0.05) is 36.8 Å². The predicted octanol–water partition coefficient (Wildman–Crippen LogP) is 10.4. The fourth-order valence-electron chi connectivity index (χ4n) is 8.94. The van der Waals surface area contributed by atoms with E-state index in [1.54, 1.807) is 6.07 Å². The van der Waals surface area contributed by atoms with Crippen molar-refractivity contribution >= 4 is 22.7 Å². The number of halogens is 1. The largest absolute Gasteiger partial charge is 0.473 e. The second-order valence-corrected chi connectivity index (χ2v) is 15.8. The summed E-state index contributed by atoms with van der Waals surface area (Å²) in [5, 5.41) is 2.88. The lowest BCUT2D eigenvalue weighted by Gasteiger charge is -2.36. The maximum Gasteiger partial charge on any atom is 0.407 e. The molecule has 2 aliphatic heterocycles. The quantitative estimate of drug-likeness (QED) is 0.123. The van der Waals surface area contributed by atoms with E-state index in [1.165, 1.54) is 12.7 Å². The van der Waals surface area contributed by atoms with Crippen LogP contribution in [0, 0.1) is 5.82 Å². The number of hydrogen-bond donors (Lipinski definition) is 1. The van der Waals surface area contributed by atoms with E-state index < -0.39 is 17.5 Å². The normalized spacial score (nSPS) is 20.7. The zero-order chi connectivity index (χ0) is 40.9. The van der Waals surface area contributed by atoms with Crippen LogP contribution in [0.25, 0.3) is 27.9 Å². The van der Waals surface area contributed by atoms with Crippen LogP contribution in [0.3, 0.4) is 0 Å². The van der Waals surface area contributed by atoms with Gasteiger partial charge in [0.15, 0.2) is 11.7 Å². The van der Waals surface area contributed by atoms with Crippen LogP contribution < -0.4 is 10.1 Å². The molecule has 6 aromatic rings. The third-order valence-electron chi connectivity index (χ3n) is 12.0. The van der Waals surface area contributed by atoms with Crippen molar-refractivity contribution in [2.45, 2.75) is 75.0 Å². The van der Waals surface area contributed by atoms with Crippen molar-refractivity contribution in [3.63, 3.8) is 0 Å². The molecule has 3 aliphatic rings. The van der Waals surface area contributed by atoms with E-state index in [0.29, 0.717) is 48.7 Å². The minimum atomic E-state index is -0.855. The molecule has 1 amide bonds. The Labute approximate surface area is 350 Å². The smallest absolute Gasteiger partial charge is 0.407 e. The molecular weight excluding hydrogens is 758 g/mol. The predicted molar refractivity (Wildman–Crippen MR) is 229 cm³/mol. The molecule has 4 heterocycles. The number of carbonyl (C=O) groups is 1. The van der Waals surface area contributed by atoms with Crippen molar-refractivity contribution in [3.05, 3.63) is 162 Å². The van der Waals surface area contributed by atoms with Crippen molar-refractivity contribution < 1.29 is 32.9 Å². The highest BCUT2D eigenvalue weighted by molar-refractivity contribution is 5.82. The Bertz CT molecular complexity index is 2320. The second kappa shape index (κ2) is 17.8. The van der Waals surface area contributed by atoms with Gasteiger partial charge in [-0.25, -0.2) is 14.2 Å². The minimum Gasteiger partial charge on any atom is -0.473 e. The summed E-state index contributed by atoms with van der Waals surface area (Å²) in [6.07, 6.45) is 6.71. The molecule has 60 heavy (non-hydrogen) atoms. The minimum absolute atomic E-state index is 0.0485. The highest BCUT2D eigenvalue weighted by Gasteiger charge is 2.40. The van der Waals surface area contributed by atoms with Gasteiger partial charge in [-0.05, 0) is 66.4 Å². The van der Waals surface area contributed by atoms with Crippen LogP contribution in [0.2, 0.25) is 0 Å². The van der Waals surface area contributed by atoms with Gasteiger partial charge in [0.05, 0.1) is 37.5 Å². The first-order valence-electron chi connectivity index (χ1n) is 21.0. The summed E-state index contributed by atoms with van der Waals surface area (Å²) in [5.41, 5.74) is 6.76. The molecular formula is C50H50FN3O6. The summed E-state index contributed by atoms with van der Waals surface area (Å²) in [6.45, 7) is 1.35. The molecule has 0 spiro atoms. The molecule has 0 radical (unpaired) electrons. The highest BCUT2D eigenvalue weighted by atomic mass is 19.1. The number of methoxy groups -OCH3 is 1. The van der Waals surface area contributed by atoms with E-state index in [1.807, 2.05) is 89.5 Å². The molecule has 308 valence electrons. The number of rotatable bonds is 12. The van der Waals surface area contributed by atoms with Gasteiger partial charge in [0.1, 0.15) is 23.6 Å². The van der Waals surface area contributed by atoms with E-state index in [-0.39, 0.29) is 30.2 Å². The van der Waals surface area contributed by atoms with Gasteiger partial charge in [0.25, 0.3) is 0 Å². The Balaban J connectivity index is 0.948. The molecule has 4 aromatic carbocycles. The highest BCUT2D eigenvalue weighted by Crippen LogP contribution is 2.42. The van der Waals surface area contributed by atoms with Gasteiger partial charge in [0.2, 0.25) is 0 Å². The van der Waals surface area contributed by atoms with E-state index >= 15 is 4.39 Å². The molecule has 10 heteroatoms. The van der Waals surface area contributed by atoms with Gasteiger partial charge in [-0.15, -0.1) is 0 Å². The standard InChI is InChI=1S/C50H50FN3O6/c1-56-49(55)52-40-26-24-35(25-27-40)34-20-22-36(23-21-34)48-43(51)30-45-44(53-48)31-47(54(45)46-19-11-12-28-57-46)60-42-29-41(58-32-42)33-59-50(37-13-5-2-6-14-37,38-15-7-3-8-16-38)39-17-9-4-10-18-39/h2-10,13-18,20-24,30-31,40-42,46H,11-12,19,25-29,32-33H2,1H3,(H,52,55)/t40?,41-,42-,46?/m0/s1. The number of nitrogens with one attached hydrogen (secondary N) is 1. The Morgan fingerprint density at radius 2 is 1.52 bits per heavy atom. The van der Waals surface area contributed by atoms with Gasteiger partial charge in [-0.3, -0.25) is 4.57 Å². The molecule has 2 aromatic heterocycles. The number of fused-ring (bicyclic) bond motifs is 1. The summed E-state index contributed by atoms with van der Waals surface area (Å²) in [6, 6.07) is 42.4. The van der Waals surface area contributed by atoms with Crippen LogP contribution in [0.4, 0.5) is 9.18 Å². The third kappa shape index (κ3) is 8.19. The monoisotopic (exact) mass is 807 g/mol. The first-order valence-corrected chi connectivity index (χ1v) is 21.0. The number of hydrogen-bond acceptors (Lipinski definition) is 7. The molecule has 1 N–H and O–H groups in total.